The van der Waals surface area contributed by atoms with Gasteiger partial charge in [-0.25, -0.2) is 9.67 Å². The van der Waals surface area contributed by atoms with Crippen LogP contribution in [0.2, 0.25) is 0 Å². The minimum absolute atomic E-state index is 0.0402. The molecule has 28 heavy (non-hydrogen) atoms. The fourth-order valence-electron chi connectivity index (χ4n) is 4.75. The molecule has 156 valence electrons. The first-order chi connectivity index (χ1) is 13.3. The van der Waals surface area contributed by atoms with Gasteiger partial charge in [0.1, 0.15) is 11.6 Å². The smallest absolute Gasteiger partial charge is 0.304 e. The van der Waals surface area contributed by atoms with Gasteiger partial charge in [-0.1, -0.05) is 19.3 Å². The van der Waals surface area contributed by atoms with Gasteiger partial charge >= 0.3 is 5.97 Å². The molecule has 1 N–H and O–H groups in total. The predicted octanol–water partition coefficient (Wildman–Crippen LogP) is 2.18. The van der Waals surface area contributed by atoms with Gasteiger partial charge in [0, 0.05) is 13.1 Å². The van der Waals surface area contributed by atoms with E-state index in [-0.39, 0.29) is 24.3 Å². The van der Waals surface area contributed by atoms with Gasteiger partial charge in [0.2, 0.25) is 5.91 Å². The van der Waals surface area contributed by atoms with Crippen LogP contribution in [0.25, 0.3) is 0 Å². The number of morpholine rings is 1. The van der Waals surface area contributed by atoms with Gasteiger partial charge in [-0.2, -0.15) is 5.10 Å². The first-order valence-electron chi connectivity index (χ1n) is 10.3. The molecule has 2 fully saturated rings. The third-order valence-electron chi connectivity index (χ3n) is 6.28. The van der Waals surface area contributed by atoms with Crippen molar-refractivity contribution in [1.82, 2.24) is 19.7 Å². The summed E-state index contributed by atoms with van der Waals surface area (Å²) in [5.41, 5.74) is -0.853. The van der Waals surface area contributed by atoms with E-state index in [1.165, 1.54) is 6.42 Å². The number of carbonyl (C=O) groups is 2. The van der Waals surface area contributed by atoms with E-state index in [1.807, 2.05) is 30.4 Å². The van der Waals surface area contributed by atoms with Crippen LogP contribution < -0.4 is 0 Å². The van der Waals surface area contributed by atoms with Gasteiger partial charge in [0.05, 0.1) is 31.1 Å². The lowest BCUT2D eigenvalue weighted by atomic mass is 9.67. The van der Waals surface area contributed by atoms with Gasteiger partial charge in [0.15, 0.2) is 0 Å². The standard InChI is InChI=1S/C20H32N4O4/c1-14-21-15(2)24(22-14)13-17-12-23(9-10-28-17)19(27)20(3,11-18(25)26)16-7-5-4-6-8-16/h16-17H,4-13H2,1-3H3,(H,25,26). The number of carboxylic acid groups (broad SMARTS) is 1. The summed E-state index contributed by atoms with van der Waals surface area (Å²) in [6, 6.07) is 0. The molecule has 1 aliphatic carbocycles. The molecule has 2 aliphatic rings. The van der Waals surface area contributed by atoms with Crippen LogP contribution in [0.3, 0.4) is 0 Å². The third kappa shape index (κ3) is 4.54. The van der Waals surface area contributed by atoms with Crippen molar-refractivity contribution in [3.63, 3.8) is 0 Å². The van der Waals surface area contributed by atoms with Crippen molar-refractivity contribution in [1.29, 1.82) is 0 Å². The van der Waals surface area contributed by atoms with E-state index >= 15 is 0 Å². The first-order valence-corrected chi connectivity index (χ1v) is 10.3. The highest BCUT2D eigenvalue weighted by atomic mass is 16.5. The molecule has 1 aromatic heterocycles. The summed E-state index contributed by atoms with van der Waals surface area (Å²) in [5.74, 6) is 0.725. The van der Waals surface area contributed by atoms with Crippen molar-refractivity contribution >= 4 is 11.9 Å². The molecule has 2 atom stereocenters. The molecule has 1 saturated heterocycles. The highest BCUT2D eigenvalue weighted by Gasteiger charge is 2.46. The normalized spacial score (nSPS) is 23.4. The summed E-state index contributed by atoms with van der Waals surface area (Å²) in [7, 11) is 0. The van der Waals surface area contributed by atoms with Crippen LogP contribution in [0.5, 0.6) is 0 Å². The lowest BCUT2D eigenvalue weighted by molar-refractivity contribution is -0.159. The van der Waals surface area contributed by atoms with Crippen molar-refractivity contribution in [3.8, 4) is 0 Å². The number of hydrogen-bond acceptors (Lipinski definition) is 5. The molecule has 2 heterocycles. The number of hydrogen-bond donors (Lipinski definition) is 1. The van der Waals surface area contributed by atoms with Gasteiger partial charge in [-0.05, 0) is 39.5 Å². The molecule has 1 amide bonds. The van der Waals surface area contributed by atoms with E-state index in [0.717, 1.165) is 31.5 Å². The number of aliphatic carboxylic acids is 1. The lowest BCUT2D eigenvalue weighted by Gasteiger charge is -2.43. The summed E-state index contributed by atoms with van der Waals surface area (Å²) in [6.45, 7) is 7.56. The topological polar surface area (TPSA) is 97.6 Å². The number of carbonyl (C=O) groups excluding carboxylic acids is 1. The second-order valence-corrected chi connectivity index (χ2v) is 8.46. The van der Waals surface area contributed by atoms with Crippen LogP contribution in [0, 0.1) is 25.2 Å². The van der Waals surface area contributed by atoms with Gasteiger partial charge < -0.3 is 14.7 Å². The number of nitrogens with zero attached hydrogens (tertiary/aromatic N) is 4. The van der Waals surface area contributed by atoms with Crippen molar-refractivity contribution in [3.05, 3.63) is 11.6 Å². The summed E-state index contributed by atoms with van der Waals surface area (Å²) in [6.07, 6.45) is 4.90. The largest absolute Gasteiger partial charge is 0.481 e. The summed E-state index contributed by atoms with van der Waals surface area (Å²) >= 11 is 0. The van der Waals surface area contributed by atoms with Crippen molar-refractivity contribution in [2.45, 2.75) is 71.9 Å². The second kappa shape index (κ2) is 8.59. The Bertz CT molecular complexity index is 713. The van der Waals surface area contributed by atoms with Gasteiger partial charge in [0.25, 0.3) is 0 Å². The highest BCUT2D eigenvalue weighted by molar-refractivity contribution is 5.87. The zero-order chi connectivity index (χ0) is 20.3. The van der Waals surface area contributed by atoms with Gasteiger partial charge in [-0.3, -0.25) is 9.59 Å². The molecule has 0 aromatic carbocycles. The Labute approximate surface area is 166 Å². The minimum Gasteiger partial charge on any atom is -0.481 e. The molecule has 0 bridgehead atoms. The molecule has 8 nitrogen and oxygen atoms in total. The minimum atomic E-state index is -0.903. The molecule has 1 aromatic rings. The molecule has 0 spiro atoms. The highest BCUT2D eigenvalue weighted by Crippen LogP contribution is 2.42. The Morgan fingerprint density at radius 1 is 1.25 bits per heavy atom. The van der Waals surface area contributed by atoms with Crippen LogP contribution in [0.1, 0.15) is 57.1 Å². The third-order valence-corrected chi connectivity index (χ3v) is 6.28. The van der Waals surface area contributed by atoms with Crippen LogP contribution >= 0.6 is 0 Å². The fraction of sp³-hybridized carbons (Fsp3) is 0.800. The Morgan fingerprint density at radius 2 is 1.96 bits per heavy atom. The molecular weight excluding hydrogens is 360 g/mol. The molecule has 0 radical (unpaired) electrons. The van der Waals surface area contributed by atoms with Gasteiger partial charge in [-0.15, -0.1) is 0 Å². The van der Waals surface area contributed by atoms with E-state index in [4.69, 9.17) is 4.74 Å². The number of aromatic nitrogens is 3. The maximum atomic E-state index is 13.5. The maximum absolute atomic E-state index is 13.5. The fourth-order valence-corrected chi connectivity index (χ4v) is 4.75. The molecule has 8 heteroatoms. The van der Waals surface area contributed by atoms with Crippen molar-refractivity contribution in [2.24, 2.45) is 11.3 Å². The van der Waals surface area contributed by atoms with Crippen molar-refractivity contribution < 1.29 is 19.4 Å². The zero-order valence-corrected chi connectivity index (χ0v) is 17.2. The number of ether oxygens (including phenoxy) is 1. The van der Waals surface area contributed by atoms with Crippen LogP contribution in [0.15, 0.2) is 0 Å². The zero-order valence-electron chi connectivity index (χ0n) is 17.2. The summed E-state index contributed by atoms with van der Waals surface area (Å²) < 4.78 is 7.68. The van der Waals surface area contributed by atoms with Crippen molar-refractivity contribution in [2.75, 3.05) is 19.7 Å². The molecule has 2 unspecified atom stereocenters. The quantitative estimate of drug-likeness (QED) is 0.797. The van der Waals surface area contributed by atoms with Crippen LogP contribution in [-0.4, -0.2) is 62.4 Å². The average Bonchev–Trinajstić information content (AvgIpc) is 2.98. The number of aryl methyl sites for hydroxylation is 2. The molecule has 1 saturated carbocycles. The number of carboxylic acids is 1. The second-order valence-electron chi connectivity index (χ2n) is 8.46. The van der Waals surface area contributed by atoms with E-state index in [2.05, 4.69) is 10.1 Å². The van der Waals surface area contributed by atoms with E-state index in [0.29, 0.717) is 32.1 Å². The summed E-state index contributed by atoms with van der Waals surface area (Å²) in [5, 5.41) is 13.9. The Morgan fingerprint density at radius 3 is 2.57 bits per heavy atom. The number of rotatable bonds is 6. The monoisotopic (exact) mass is 392 g/mol. The summed E-state index contributed by atoms with van der Waals surface area (Å²) in [4.78, 5) is 31.2. The van der Waals surface area contributed by atoms with E-state index < -0.39 is 11.4 Å². The molecule has 1 aliphatic heterocycles. The maximum Gasteiger partial charge on any atom is 0.304 e. The van der Waals surface area contributed by atoms with Crippen LogP contribution in [0.4, 0.5) is 0 Å². The molecular formula is C20H32N4O4. The SMILES string of the molecule is Cc1nc(C)n(CC2CN(C(=O)C(C)(CC(=O)O)C3CCCCC3)CCO2)n1. The Balaban J connectivity index is 1.72. The number of amides is 1. The first kappa shape index (κ1) is 20.8. The lowest BCUT2D eigenvalue weighted by Crippen LogP contribution is -2.54. The van der Waals surface area contributed by atoms with Crippen LogP contribution in [-0.2, 0) is 20.9 Å². The predicted molar refractivity (Wildman–Crippen MR) is 103 cm³/mol. The Kier molecular flexibility index (Phi) is 6.37. The van der Waals surface area contributed by atoms with E-state index in [1.54, 1.807) is 0 Å². The molecule has 3 rings (SSSR count). The average molecular weight is 393 g/mol. The van der Waals surface area contributed by atoms with E-state index in [9.17, 15) is 14.7 Å². The Hall–Kier alpha value is -1.96.